The molecule has 0 fully saturated rings. The Bertz CT molecular complexity index is 3200. The maximum atomic E-state index is 5.16. The minimum Gasteiger partial charge on any atom is -0.254 e. The lowest BCUT2D eigenvalue weighted by Crippen LogP contribution is -1.92. The Morgan fingerprint density at radius 2 is 0.860 bits per heavy atom. The molecule has 50 heavy (non-hydrogen) atoms. The maximum absolute atomic E-state index is 5.16. The lowest BCUT2D eigenvalue weighted by Gasteiger charge is -2.16. The highest BCUT2D eigenvalue weighted by molar-refractivity contribution is 6.27. The predicted molar refractivity (Wildman–Crippen MR) is 209 cm³/mol. The second-order valence-corrected chi connectivity index (χ2v) is 13.0. The molecule has 0 aliphatic heterocycles. The van der Waals surface area contributed by atoms with Crippen molar-refractivity contribution in [1.29, 1.82) is 0 Å². The Morgan fingerprint density at radius 1 is 0.320 bits per heavy atom. The lowest BCUT2D eigenvalue weighted by molar-refractivity contribution is 1.37. The second-order valence-electron chi connectivity index (χ2n) is 13.0. The van der Waals surface area contributed by atoms with Gasteiger partial charge in [0, 0.05) is 50.5 Å². The van der Waals surface area contributed by atoms with E-state index in [1.807, 2.05) is 24.5 Å². The Morgan fingerprint density at radius 3 is 1.60 bits per heavy atom. The van der Waals surface area contributed by atoms with Gasteiger partial charge >= 0.3 is 0 Å². The Labute approximate surface area is 286 Å². The molecule has 11 rings (SSSR count). The minimum absolute atomic E-state index is 0.926. The summed E-state index contributed by atoms with van der Waals surface area (Å²) in [5.74, 6) is 0. The number of pyridine rings is 4. The van der Waals surface area contributed by atoms with Crippen molar-refractivity contribution in [2.24, 2.45) is 0 Å². The molecule has 0 aliphatic rings. The van der Waals surface area contributed by atoms with Gasteiger partial charge in [-0.15, -0.1) is 0 Å². The third-order valence-electron chi connectivity index (χ3n) is 10.3. The summed E-state index contributed by atoms with van der Waals surface area (Å²) in [7, 11) is 0. The summed E-state index contributed by atoms with van der Waals surface area (Å²) in [6, 6.07) is 52.0. The van der Waals surface area contributed by atoms with Crippen LogP contribution in [0.25, 0.3) is 109 Å². The summed E-state index contributed by atoms with van der Waals surface area (Å²) in [6.07, 6.45) is 3.69. The number of fused-ring (bicyclic) bond motifs is 13. The van der Waals surface area contributed by atoms with Gasteiger partial charge in [0.1, 0.15) is 0 Å². The Kier molecular flexibility index (Phi) is 5.63. The van der Waals surface area contributed by atoms with Crippen LogP contribution in [0.4, 0.5) is 0 Å². The Hall–Kier alpha value is -6.78. The van der Waals surface area contributed by atoms with E-state index < -0.39 is 0 Å². The monoisotopic (exact) mass is 634 g/mol. The molecule has 0 amide bonds. The van der Waals surface area contributed by atoms with Crippen LogP contribution in [0, 0.1) is 0 Å². The maximum Gasteiger partial charge on any atom is 0.0978 e. The SMILES string of the molecule is c1cnc2c(c1)ccc1ccc(-c3ccc4c5ccc(-c6c7ccccc7nc7c6ccc6cccnc67)cc5c5ccccc5c4c3)nc12. The van der Waals surface area contributed by atoms with Gasteiger partial charge < -0.3 is 0 Å². The molecule has 230 valence electrons. The molecular formula is C46H26N4. The van der Waals surface area contributed by atoms with Crippen LogP contribution in [-0.2, 0) is 0 Å². The zero-order valence-electron chi connectivity index (χ0n) is 26.8. The van der Waals surface area contributed by atoms with E-state index in [1.165, 1.54) is 43.4 Å². The standard InChI is InChI=1S/C46H26N4/c1-2-10-33-32(9-1)38-25-30(40-22-18-29-14-13-27-7-5-23-47-43(27)45(29)49-40)16-19-34(38)35-20-17-31(26-39(33)35)42-36-11-3-4-12-41(36)50-46-37(42)21-15-28-8-6-24-48-44(28)46/h1-26H. The second kappa shape index (κ2) is 10.4. The van der Waals surface area contributed by atoms with Crippen molar-refractivity contribution in [1.82, 2.24) is 19.9 Å². The van der Waals surface area contributed by atoms with Gasteiger partial charge in [-0.25, -0.2) is 9.97 Å². The molecule has 11 aromatic rings. The highest BCUT2D eigenvalue weighted by atomic mass is 14.8. The van der Waals surface area contributed by atoms with Crippen LogP contribution in [0.5, 0.6) is 0 Å². The molecule has 4 nitrogen and oxygen atoms in total. The molecular weight excluding hydrogens is 609 g/mol. The molecule has 0 atom stereocenters. The normalized spacial score (nSPS) is 12.0. The summed E-state index contributed by atoms with van der Waals surface area (Å²) in [5.41, 5.74) is 9.06. The highest BCUT2D eigenvalue weighted by Crippen LogP contribution is 2.42. The number of hydrogen-bond acceptors (Lipinski definition) is 4. The van der Waals surface area contributed by atoms with Crippen molar-refractivity contribution in [2.75, 3.05) is 0 Å². The third kappa shape index (κ3) is 3.93. The number of aromatic nitrogens is 4. The van der Waals surface area contributed by atoms with Gasteiger partial charge in [-0.2, -0.15) is 0 Å². The minimum atomic E-state index is 0.926. The zero-order valence-corrected chi connectivity index (χ0v) is 26.8. The predicted octanol–water partition coefficient (Wildman–Crippen LogP) is 11.8. The molecule has 0 bridgehead atoms. The average molecular weight is 635 g/mol. The van der Waals surface area contributed by atoms with E-state index in [0.29, 0.717) is 0 Å². The van der Waals surface area contributed by atoms with Gasteiger partial charge in [0.05, 0.1) is 33.3 Å². The van der Waals surface area contributed by atoms with E-state index in [2.05, 4.69) is 138 Å². The number of para-hydroxylation sites is 1. The third-order valence-corrected chi connectivity index (χ3v) is 10.3. The van der Waals surface area contributed by atoms with Crippen molar-refractivity contribution in [3.8, 4) is 22.4 Å². The van der Waals surface area contributed by atoms with Crippen molar-refractivity contribution >= 4 is 86.8 Å². The van der Waals surface area contributed by atoms with Gasteiger partial charge in [-0.05, 0) is 74.3 Å². The first-order valence-electron chi connectivity index (χ1n) is 16.9. The van der Waals surface area contributed by atoms with Crippen LogP contribution in [0.1, 0.15) is 0 Å². The van der Waals surface area contributed by atoms with Crippen LogP contribution in [-0.4, -0.2) is 19.9 Å². The molecule has 0 unspecified atom stereocenters. The summed E-state index contributed by atoms with van der Waals surface area (Å²) < 4.78 is 0. The summed E-state index contributed by atoms with van der Waals surface area (Å²) in [4.78, 5) is 19.7. The lowest BCUT2D eigenvalue weighted by atomic mass is 9.89. The largest absolute Gasteiger partial charge is 0.254 e. The van der Waals surface area contributed by atoms with Crippen molar-refractivity contribution in [2.45, 2.75) is 0 Å². The van der Waals surface area contributed by atoms with Crippen molar-refractivity contribution < 1.29 is 0 Å². The van der Waals surface area contributed by atoms with Gasteiger partial charge in [0.15, 0.2) is 0 Å². The first kappa shape index (κ1) is 27.2. The fourth-order valence-electron chi connectivity index (χ4n) is 7.96. The number of hydrogen-bond donors (Lipinski definition) is 0. The molecule has 4 heterocycles. The molecule has 4 heteroatoms. The van der Waals surface area contributed by atoms with E-state index in [9.17, 15) is 0 Å². The first-order chi connectivity index (χ1) is 24.8. The highest BCUT2D eigenvalue weighted by Gasteiger charge is 2.17. The summed E-state index contributed by atoms with van der Waals surface area (Å²) >= 11 is 0. The zero-order chi connectivity index (χ0) is 32.8. The van der Waals surface area contributed by atoms with Crippen LogP contribution >= 0.6 is 0 Å². The summed E-state index contributed by atoms with van der Waals surface area (Å²) in [5, 5.41) is 12.9. The molecule has 7 aromatic carbocycles. The fourth-order valence-corrected chi connectivity index (χ4v) is 7.96. The van der Waals surface area contributed by atoms with Crippen molar-refractivity contribution in [3.05, 3.63) is 158 Å². The molecule has 0 N–H and O–H groups in total. The van der Waals surface area contributed by atoms with E-state index in [-0.39, 0.29) is 0 Å². The van der Waals surface area contributed by atoms with Crippen LogP contribution < -0.4 is 0 Å². The summed E-state index contributed by atoms with van der Waals surface area (Å²) in [6.45, 7) is 0. The van der Waals surface area contributed by atoms with E-state index in [4.69, 9.17) is 15.0 Å². The number of rotatable bonds is 2. The van der Waals surface area contributed by atoms with Crippen molar-refractivity contribution in [3.63, 3.8) is 0 Å². The van der Waals surface area contributed by atoms with E-state index in [0.717, 1.165) is 65.8 Å². The molecule has 0 saturated carbocycles. The van der Waals surface area contributed by atoms with Gasteiger partial charge in [-0.3, -0.25) is 9.97 Å². The first-order valence-corrected chi connectivity index (χ1v) is 16.9. The molecule has 0 aliphatic carbocycles. The number of benzene rings is 7. The van der Waals surface area contributed by atoms with Crippen LogP contribution in [0.2, 0.25) is 0 Å². The Balaban J connectivity index is 1.16. The topological polar surface area (TPSA) is 51.6 Å². The molecule has 4 aromatic heterocycles. The average Bonchev–Trinajstić information content (AvgIpc) is 3.19. The molecule has 0 radical (unpaired) electrons. The smallest absolute Gasteiger partial charge is 0.0978 e. The van der Waals surface area contributed by atoms with Crippen LogP contribution in [0.15, 0.2) is 158 Å². The van der Waals surface area contributed by atoms with Gasteiger partial charge in [-0.1, -0.05) is 109 Å². The van der Waals surface area contributed by atoms with Gasteiger partial charge in [0.2, 0.25) is 0 Å². The fraction of sp³-hybridized carbons (Fsp3) is 0. The molecule has 0 spiro atoms. The quantitative estimate of drug-likeness (QED) is 0.140. The van der Waals surface area contributed by atoms with Crippen LogP contribution in [0.3, 0.4) is 0 Å². The number of nitrogens with zero attached hydrogens (tertiary/aromatic N) is 4. The van der Waals surface area contributed by atoms with E-state index >= 15 is 0 Å². The van der Waals surface area contributed by atoms with E-state index in [1.54, 1.807) is 0 Å². The molecule has 0 saturated heterocycles. The van der Waals surface area contributed by atoms with Gasteiger partial charge in [0.25, 0.3) is 0 Å².